The quantitative estimate of drug-likeness (QED) is 0.837. The number of hydrogen-bond acceptors (Lipinski definition) is 3. The molecule has 1 aromatic carbocycles. The first-order valence-corrected chi connectivity index (χ1v) is 6.16. The number of nitrogens with one attached hydrogen (secondary N) is 1. The normalized spacial score (nSPS) is 17.6. The van der Waals surface area contributed by atoms with E-state index < -0.39 is 0 Å². The third kappa shape index (κ3) is 2.45. The van der Waals surface area contributed by atoms with E-state index in [2.05, 4.69) is 38.2 Å². The fraction of sp³-hybridized carbons (Fsp3) is 0.571. The monoisotopic (exact) mass is 234 g/mol. The average molecular weight is 234 g/mol. The van der Waals surface area contributed by atoms with E-state index in [1.54, 1.807) is 0 Å². The molecule has 0 bridgehead atoms. The molecule has 1 aliphatic rings. The second-order valence-electron chi connectivity index (χ2n) is 5.32. The Labute approximate surface area is 103 Å². The molecule has 1 fully saturated rings. The topological polar surface area (TPSA) is 47.3 Å². The zero-order valence-corrected chi connectivity index (χ0v) is 11.0. The van der Waals surface area contributed by atoms with Gasteiger partial charge in [0.15, 0.2) is 0 Å². The van der Waals surface area contributed by atoms with Gasteiger partial charge in [-0.3, -0.25) is 0 Å². The van der Waals surface area contributed by atoms with Gasteiger partial charge in [0.05, 0.1) is 13.2 Å². The fourth-order valence-corrected chi connectivity index (χ4v) is 2.42. The van der Waals surface area contributed by atoms with Crippen LogP contribution in [0.25, 0.3) is 0 Å². The SMILES string of the molecule is Cc1cc(C)c(NCC2(CN)COC2)c(C)c1. The Kier molecular flexibility index (Phi) is 3.40. The summed E-state index contributed by atoms with van der Waals surface area (Å²) in [6.45, 7) is 9.56. The minimum absolute atomic E-state index is 0.143. The zero-order chi connectivity index (χ0) is 12.5. The van der Waals surface area contributed by atoms with Crippen molar-refractivity contribution in [1.29, 1.82) is 0 Å². The van der Waals surface area contributed by atoms with Crippen LogP contribution in [-0.2, 0) is 4.74 Å². The second kappa shape index (κ2) is 4.67. The lowest BCUT2D eigenvalue weighted by atomic mass is 9.86. The molecule has 0 aliphatic carbocycles. The molecule has 3 heteroatoms. The largest absolute Gasteiger partial charge is 0.384 e. The number of benzene rings is 1. The molecule has 3 nitrogen and oxygen atoms in total. The number of nitrogens with two attached hydrogens (primary N) is 1. The number of rotatable bonds is 4. The van der Waals surface area contributed by atoms with Crippen LogP contribution < -0.4 is 11.1 Å². The van der Waals surface area contributed by atoms with Crippen LogP contribution in [0.4, 0.5) is 5.69 Å². The van der Waals surface area contributed by atoms with Gasteiger partial charge in [0.25, 0.3) is 0 Å². The summed E-state index contributed by atoms with van der Waals surface area (Å²) >= 11 is 0. The van der Waals surface area contributed by atoms with E-state index in [0.717, 1.165) is 19.8 Å². The predicted molar refractivity (Wildman–Crippen MR) is 71.4 cm³/mol. The first-order chi connectivity index (χ1) is 8.06. The molecular weight excluding hydrogens is 212 g/mol. The molecule has 94 valence electrons. The molecule has 0 radical (unpaired) electrons. The average Bonchev–Trinajstić information content (AvgIpc) is 2.19. The number of aryl methyl sites for hydroxylation is 3. The Balaban J connectivity index is 2.09. The summed E-state index contributed by atoms with van der Waals surface area (Å²) in [5.74, 6) is 0. The van der Waals surface area contributed by atoms with E-state index in [4.69, 9.17) is 10.5 Å². The van der Waals surface area contributed by atoms with Crippen LogP contribution in [0.1, 0.15) is 16.7 Å². The Hall–Kier alpha value is -1.06. The van der Waals surface area contributed by atoms with Crippen molar-refractivity contribution >= 4 is 5.69 Å². The first kappa shape index (κ1) is 12.4. The van der Waals surface area contributed by atoms with E-state index in [-0.39, 0.29) is 5.41 Å². The van der Waals surface area contributed by atoms with Gasteiger partial charge in [-0.25, -0.2) is 0 Å². The maximum atomic E-state index is 5.81. The van der Waals surface area contributed by atoms with Crippen molar-refractivity contribution in [2.45, 2.75) is 20.8 Å². The van der Waals surface area contributed by atoms with Crippen molar-refractivity contribution in [3.8, 4) is 0 Å². The smallest absolute Gasteiger partial charge is 0.0574 e. The minimum atomic E-state index is 0.143. The number of hydrogen-bond donors (Lipinski definition) is 2. The van der Waals surface area contributed by atoms with Crippen LogP contribution in [-0.4, -0.2) is 26.3 Å². The van der Waals surface area contributed by atoms with Gasteiger partial charge in [0.1, 0.15) is 0 Å². The van der Waals surface area contributed by atoms with Gasteiger partial charge in [-0.1, -0.05) is 17.7 Å². The van der Waals surface area contributed by atoms with Crippen molar-refractivity contribution in [2.24, 2.45) is 11.1 Å². The summed E-state index contributed by atoms with van der Waals surface area (Å²) in [6, 6.07) is 4.42. The van der Waals surface area contributed by atoms with Crippen LogP contribution in [0.3, 0.4) is 0 Å². The van der Waals surface area contributed by atoms with Crippen LogP contribution >= 0.6 is 0 Å². The third-order valence-electron chi connectivity index (χ3n) is 3.57. The first-order valence-electron chi connectivity index (χ1n) is 6.16. The molecular formula is C14H22N2O. The van der Waals surface area contributed by atoms with Crippen molar-refractivity contribution in [3.05, 3.63) is 28.8 Å². The molecule has 0 amide bonds. The lowest BCUT2D eigenvalue weighted by Gasteiger charge is -2.41. The highest BCUT2D eigenvalue weighted by molar-refractivity contribution is 5.58. The molecule has 17 heavy (non-hydrogen) atoms. The minimum Gasteiger partial charge on any atom is -0.384 e. The van der Waals surface area contributed by atoms with Gasteiger partial charge < -0.3 is 15.8 Å². The van der Waals surface area contributed by atoms with Crippen LogP contribution in [0.15, 0.2) is 12.1 Å². The molecule has 3 N–H and O–H groups in total. The van der Waals surface area contributed by atoms with E-state index >= 15 is 0 Å². The highest BCUT2D eigenvalue weighted by atomic mass is 16.5. The van der Waals surface area contributed by atoms with E-state index in [1.165, 1.54) is 22.4 Å². The summed E-state index contributed by atoms with van der Waals surface area (Å²) in [7, 11) is 0. The Morgan fingerprint density at radius 1 is 1.24 bits per heavy atom. The fourth-order valence-electron chi connectivity index (χ4n) is 2.42. The van der Waals surface area contributed by atoms with E-state index in [9.17, 15) is 0 Å². The lowest BCUT2D eigenvalue weighted by molar-refractivity contribution is -0.0979. The molecule has 1 heterocycles. The van der Waals surface area contributed by atoms with E-state index in [1.807, 2.05) is 0 Å². The Morgan fingerprint density at radius 3 is 2.24 bits per heavy atom. The molecule has 2 rings (SSSR count). The van der Waals surface area contributed by atoms with Gasteiger partial charge in [-0.05, 0) is 31.9 Å². The molecule has 0 saturated carbocycles. The van der Waals surface area contributed by atoms with Crippen molar-refractivity contribution in [1.82, 2.24) is 0 Å². The van der Waals surface area contributed by atoms with Gasteiger partial charge in [0.2, 0.25) is 0 Å². The van der Waals surface area contributed by atoms with Gasteiger partial charge in [0, 0.05) is 24.2 Å². The van der Waals surface area contributed by atoms with Crippen LogP contribution in [0, 0.1) is 26.2 Å². The Morgan fingerprint density at radius 2 is 1.82 bits per heavy atom. The summed E-state index contributed by atoms with van der Waals surface area (Å²) < 4.78 is 5.28. The van der Waals surface area contributed by atoms with Crippen LogP contribution in [0.2, 0.25) is 0 Å². The lowest BCUT2D eigenvalue weighted by Crippen LogP contribution is -2.52. The summed E-state index contributed by atoms with van der Waals surface area (Å²) in [5.41, 5.74) is 11.1. The maximum absolute atomic E-state index is 5.81. The van der Waals surface area contributed by atoms with Crippen molar-refractivity contribution in [2.75, 3.05) is 31.6 Å². The predicted octanol–water partition coefficient (Wildman–Crippen LogP) is 2.00. The number of ether oxygens (including phenoxy) is 1. The molecule has 1 aliphatic heterocycles. The van der Waals surface area contributed by atoms with Gasteiger partial charge in [-0.15, -0.1) is 0 Å². The molecule has 0 atom stereocenters. The Bertz CT molecular complexity index is 382. The second-order valence-corrected chi connectivity index (χ2v) is 5.32. The molecule has 0 unspecified atom stereocenters. The van der Waals surface area contributed by atoms with Crippen molar-refractivity contribution < 1.29 is 4.74 Å². The highest BCUT2D eigenvalue weighted by Crippen LogP contribution is 2.28. The number of anilines is 1. The van der Waals surface area contributed by atoms with Gasteiger partial charge in [-0.2, -0.15) is 0 Å². The molecule has 0 aromatic heterocycles. The molecule has 0 spiro atoms. The highest BCUT2D eigenvalue weighted by Gasteiger charge is 2.37. The molecule has 1 saturated heterocycles. The third-order valence-corrected chi connectivity index (χ3v) is 3.57. The molecule has 1 aromatic rings. The maximum Gasteiger partial charge on any atom is 0.0574 e. The van der Waals surface area contributed by atoms with Crippen molar-refractivity contribution in [3.63, 3.8) is 0 Å². The van der Waals surface area contributed by atoms with Gasteiger partial charge >= 0.3 is 0 Å². The van der Waals surface area contributed by atoms with Crippen LogP contribution in [0.5, 0.6) is 0 Å². The van der Waals surface area contributed by atoms with E-state index in [0.29, 0.717) is 6.54 Å². The standard InChI is InChI=1S/C14H22N2O/c1-10-4-11(2)13(12(3)5-10)16-7-14(6-15)8-17-9-14/h4-5,16H,6-9,15H2,1-3H3. The summed E-state index contributed by atoms with van der Waals surface area (Å²) in [6.07, 6.45) is 0. The summed E-state index contributed by atoms with van der Waals surface area (Å²) in [4.78, 5) is 0. The summed E-state index contributed by atoms with van der Waals surface area (Å²) in [5, 5.41) is 3.54. The zero-order valence-electron chi connectivity index (χ0n) is 11.0.